The topological polar surface area (TPSA) is 77.0 Å². The van der Waals surface area contributed by atoms with E-state index in [4.69, 9.17) is 5.73 Å². The Kier molecular flexibility index (Phi) is 3.96. The van der Waals surface area contributed by atoms with Crippen molar-refractivity contribution in [2.75, 3.05) is 13.1 Å². The molecule has 2 heterocycles. The minimum absolute atomic E-state index is 0.103. The highest BCUT2D eigenvalue weighted by molar-refractivity contribution is 5.80. The van der Waals surface area contributed by atoms with Gasteiger partial charge in [-0.15, -0.1) is 0 Å². The van der Waals surface area contributed by atoms with Gasteiger partial charge in [0.25, 0.3) is 0 Å². The first-order valence-corrected chi connectivity index (χ1v) is 6.48. The van der Waals surface area contributed by atoms with Crippen molar-refractivity contribution < 1.29 is 4.79 Å². The van der Waals surface area contributed by atoms with Crippen molar-refractivity contribution in [3.63, 3.8) is 0 Å². The van der Waals surface area contributed by atoms with Crippen LogP contribution in [0.3, 0.4) is 0 Å². The number of piperidine rings is 1. The van der Waals surface area contributed by atoms with Crippen LogP contribution in [0.4, 0.5) is 0 Å². The summed E-state index contributed by atoms with van der Waals surface area (Å²) in [6, 6.07) is -0.0160. The number of rotatable bonds is 3. The predicted molar refractivity (Wildman–Crippen MR) is 67.7 cm³/mol. The van der Waals surface area contributed by atoms with Gasteiger partial charge in [0.15, 0.2) is 0 Å². The molecule has 1 aliphatic rings. The van der Waals surface area contributed by atoms with Crippen molar-refractivity contribution in [1.29, 1.82) is 0 Å². The first-order chi connectivity index (χ1) is 8.63. The Hall–Kier alpha value is -1.43. The zero-order chi connectivity index (χ0) is 13.1. The molecule has 1 aromatic heterocycles. The number of hydrogen-bond acceptors (Lipinski definition) is 4. The van der Waals surface area contributed by atoms with Crippen LogP contribution in [0.2, 0.25) is 0 Å². The highest BCUT2D eigenvalue weighted by Gasteiger charge is 2.31. The molecule has 1 fully saturated rings. The maximum Gasteiger partial charge on any atom is 0.247 e. The Morgan fingerprint density at radius 3 is 2.94 bits per heavy atom. The van der Waals surface area contributed by atoms with Gasteiger partial charge in [0, 0.05) is 12.6 Å². The van der Waals surface area contributed by atoms with E-state index in [2.05, 4.69) is 17.0 Å². The first kappa shape index (κ1) is 13.0. The Balaban J connectivity index is 2.07. The van der Waals surface area contributed by atoms with Gasteiger partial charge in [0.1, 0.15) is 18.7 Å². The third-order valence-corrected chi connectivity index (χ3v) is 3.79. The quantitative estimate of drug-likeness (QED) is 0.845. The number of hydrogen-bond donors (Lipinski definition) is 1. The van der Waals surface area contributed by atoms with Crippen molar-refractivity contribution in [3.8, 4) is 0 Å². The van der Waals surface area contributed by atoms with Gasteiger partial charge in [-0.2, -0.15) is 5.10 Å². The van der Waals surface area contributed by atoms with E-state index in [1.165, 1.54) is 6.33 Å². The minimum Gasteiger partial charge on any atom is -0.338 e. The summed E-state index contributed by atoms with van der Waals surface area (Å²) >= 11 is 0. The second kappa shape index (κ2) is 5.48. The van der Waals surface area contributed by atoms with E-state index in [0.717, 1.165) is 19.4 Å². The highest BCUT2D eigenvalue weighted by atomic mass is 16.2. The molecular formula is C12H21N5O. The molecule has 18 heavy (non-hydrogen) atoms. The summed E-state index contributed by atoms with van der Waals surface area (Å²) in [4.78, 5) is 18.3. The van der Waals surface area contributed by atoms with Gasteiger partial charge < -0.3 is 10.6 Å². The summed E-state index contributed by atoms with van der Waals surface area (Å²) < 4.78 is 1.60. The molecule has 2 rings (SSSR count). The maximum absolute atomic E-state index is 12.5. The lowest BCUT2D eigenvalue weighted by molar-refractivity contribution is -0.139. The fourth-order valence-corrected chi connectivity index (χ4v) is 2.45. The van der Waals surface area contributed by atoms with Crippen LogP contribution in [-0.4, -0.2) is 44.7 Å². The Morgan fingerprint density at radius 1 is 1.56 bits per heavy atom. The van der Waals surface area contributed by atoms with Crippen molar-refractivity contribution in [2.45, 2.75) is 38.8 Å². The molecule has 0 radical (unpaired) electrons. The molecule has 0 spiro atoms. The van der Waals surface area contributed by atoms with Crippen LogP contribution in [0.25, 0.3) is 0 Å². The maximum atomic E-state index is 12.5. The van der Waals surface area contributed by atoms with Crippen LogP contribution in [0.5, 0.6) is 0 Å². The molecule has 0 saturated carbocycles. The molecule has 100 valence electrons. The molecule has 3 atom stereocenters. The van der Waals surface area contributed by atoms with Crippen molar-refractivity contribution in [1.82, 2.24) is 19.7 Å². The lowest BCUT2D eigenvalue weighted by Crippen LogP contribution is -2.49. The average molecular weight is 251 g/mol. The molecule has 0 aliphatic carbocycles. The number of likely N-dealkylation sites (tertiary alicyclic amines) is 1. The highest BCUT2D eigenvalue weighted by Crippen LogP contribution is 2.23. The molecule has 1 aliphatic heterocycles. The Morgan fingerprint density at radius 2 is 2.33 bits per heavy atom. The van der Waals surface area contributed by atoms with Crippen molar-refractivity contribution in [3.05, 3.63) is 12.7 Å². The Bertz CT molecular complexity index is 391. The minimum atomic E-state index is -0.300. The van der Waals surface area contributed by atoms with Crippen molar-refractivity contribution >= 4 is 5.91 Å². The first-order valence-electron chi connectivity index (χ1n) is 6.48. The molecule has 1 aromatic rings. The van der Waals surface area contributed by atoms with Crippen molar-refractivity contribution in [2.24, 2.45) is 11.7 Å². The van der Waals surface area contributed by atoms with Gasteiger partial charge in [0.05, 0.1) is 0 Å². The second-order valence-corrected chi connectivity index (χ2v) is 5.07. The number of carbonyl (C=O) groups excluding carboxylic acids is 1. The number of nitrogens with zero attached hydrogens (tertiary/aromatic N) is 4. The van der Waals surface area contributed by atoms with E-state index in [1.54, 1.807) is 11.0 Å². The van der Waals surface area contributed by atoms with Crippen LogP contribution in [0, 0.1) is 5.92 Å². The number of nitrogens with two attached hydrogens (primary N) is 1. The zero-order valence-electron chi connectivity index (χ0n) is 11.0. The summed E-state index contributed by atoms with van der Waals surface area (Å²) in [5.41, 5.74) is 5.72. The largest absolute Gasteiger partial charge is 0.338 e. The zero-order valence-corrected chi connectivity index (χ0v) is 11.0. The molecule has 1 amide bonds. The van der Waals surface area contributed by atoms with Gasteiger partial charge in [-0.3, -0.25) is 4.79 Å². The van der Waals surface area contributed by atoms with Gasteiger partial charge >= 0.3 is 0 Å². The van der Waals surface area contributed by atoms with Gasteiger partial charge in [-0.25, -0.2) is 9.67 Å². The van der Waals surface area contributed by atoms with E-state index >= 15 is 0 Å². The lowest BCUT2D eigenvalue weighted by Gasteiger charge is -2.38. The molecule has 0 bridgehead atoms. The number of amides is 1. The summed E-state index contributed by atoms with van der Waals surface area (Å²) in [6.07, 6.45) is 5.17. The number of aromatic nitrogens is 3. The standard InChI is InChI=1S/C12H21N5O/c1-9-3-4-11(5-13)6-16(9)12(18)10(2)17-8-14-7-15-17/h7-11H,3-6,13H2,1-2H3. The summed E-state index contributed by atoms with van der Waals surface area (Å²) in [7, 11) is 0. The van der Waals surface area contributed by atoms with Crippen LogP contribution >= 0.6 is 0 Å². The number of carbonyl (C=O) groups is 1. The van der Waals surface area contributed by atoms with Crippen LogP contribution in [0.1, 0.15) is 32.7 Å². The molecule has 6 nitrogen and oxygen atoms in total. The molecule has 6 heteroatoms. The second-order valence-electron chi connectivity index (χ2n) is 5.07. The van der Waals surface area contributed by atoms with Gasteiger partial charge in [0.2, 0.25) is 5.91 Å². The smallest absolute Gasteiger partial charge is 0.247 e. The third kappa shape index (κ3) is 2.53. The SMILES string of the molecule is CC1CCC(CN)CN1C(=O)C(C)n1cncn1. The van der Waals surface area contributed by atoms with E-state index in [9.17, 15) is 4.79 Å². The van der Waals surface area contributed by atoms with Crippen LogP contribution < -0.4 is 5.73 Å². The summed E-state index contributed by atoms with van der Waals surface area (Å²) in [6.45, 7) is 5.36. The van der Waals surface area contributed by atoms with E-state index in [1.807, 2.05) is 11.8 Å². The monoisotopic (exact) mass is 251 g/mol. The summed E-state index contributed by atoms with van der Waals surface area (Å²) in [5.74, 6) is 0.527. The third-order valence-electron chi connectivity index (χ3n) is 3.79. The fraction of sp³-hybridized carbons (Fsp3) is 0.750. The molecule has 1 saturated heterocycles. The summed E-state index contributed by atoms with van der Waals surface area (Å²) in [5, 5.41) is 4.03. The van der Waals surface area contributed by atoms with Gasteiger partial charge in [-0.1, -0.05) is 0 Å². The fourth-order valence-electron chi connectivity index (χ4n) is 2.45. The van der Waals surface area contributed by atoms with Gasteiger partial charge in [-0.05, 0) is 39.2 Å². The van der Waals surface area contributed by atoms with E-state index < -0.39 is 0 Å². The molecule has 3 unspecified atom stereocenters. The molecular weight excluding hydrogens is 230 g/mol. The molecule has 0 aromatic carbocycles. The average Bonchev–Trinajstić information content (AvgIpc) is 2.91. The van der Waals surface area contributed by atoms with E-state index in [0.29, 0.717) is 12.5 Å². The van der Waals surface area contributed by atoms with Crippen LogP contribution in [0.15, 0.2) is 12.7 Å². The predicted octanol–water partition coefficient (Wildman–Crippen LogP) is 0.425. The normalized spacial score (nSPS) is 26.1. The molecule has 2 N–H and O–H groups in total. The lowest BCUT2D eigenvalue weighted by atomic mass is 9.93. The van der Waals surface area contributed by atoms with E-state index in [-0.39, 0.29) is 18.0 Å². The van der Waals surface area contributed by atoms with Crippen LogP contribution in [-0.2, 0) is 4.79 Å². The Labute approximate surface area is 107 Å².